The molecule has 8 heteroatoms. The van der Waals surface area contributed by atoms with Gasteiger partial charge < -0.3 is 20.9 Å². The van der Waals surface area contributed by atoms with Crippen LogP contribution >= 0.6 is 24.0 Å². The van der Waals surface area contributed by atoms with Gasteiger partial charge in [0.05, 0.1) is 0 Å². The number of aliphatic imine (C=N–C) groups is 1. The van der Waals surface area contributed by atoms with Gasteiger partial charge in [0, 0.05) is 51.8 Å². The molecule has 1 aliphatic heterocycles. The Morgan fingerprint density at radius 1 is 1.09 bits per heavy atom. The number of hydrogen-bond acceptors (Lipinski definition) is 3. The first-order chi connectivity index (χ1) is 15.1. The van der Waals surface area contributed by atoms with E-state index in [0.717, 1.165) is 68.8 Å². The molecule has 178 valence electrons. The first kappa shape index (κ1) is 26.4. The van der Waals surface area contributed by atoms with Crippen LogP contribution in [0.15, 0.2) is 29.3 Å². The van der Waals surface area contributed by atoms with Gasteiger partial charge in [0.25, 0.3) is 0 Å². The first-order valence-electron chi connectivity index (χ1n) is 11.6. The number of piperidine rings is 1. The van der Waals surface area contributed by atoms with Crippen molar-refractivity contribution in [3.8, 4) is 0 Å². The molecule has 32 heavy (non-hydrogen) atoms. The Kier molecular flexibility index (Phi) is 11.3. The molecule has 1 heterocycles. The molecular weight excluding hydrogens is 517 g/mol. The third-order valence-electron chi connectivity index (χ3n) is 6.50. The summed E-state index contributed by atoms with van der Waals surface area (Å²) >= 11 is 0. The quantitative estimate of drug-likeness (QED) is 0.284. The summed E-state index contributed by atoms with van der Waals surface area (Å²) in [6.45, 7) is 2.45. The highest BCUT2D eigenvalue weighted by Gasteiger charge is 2.23. The van der Waals surface area contributed by atoms with Crippen molar-refractivity contribution in [3.63, 3.8) is 0 Å². The number of benzene rings is 1. The number of guanidine groups is 1. The molecule has 0 spiro atoms. The van der Waals surface area contributed by atoms with Crippen LogP contribution < -0.4 is 16.0 Å². The van der Waals surface area contributed by atoms with Crippen molar-refractivity contribution in [1.29, 1.82) is 0 Å². The molecule has 3 N–H and O–H groups in total. The van der Waals surface area contributed by atoms with E-state index in [9.17, 15) is 9.59 Å². The number of halogens is 1. The van der Waals surface area contributed by atoms with E-state index in [1.54, 1.807) is 14.1 Å². The van der Waals surface area contributed by atoms with Crippen molar-refractivity contribution in [2.45, 2.75) is 57.9 Å². The zero-order chi connectivity index (χ0) is 22.1. The largest absolute Gasteiger partial charge is 0.359 e. The monoisotopic (exact) mass is 555 g/mol. The standard InChI is InChI=1S/C24H37N5O2.HI/c1-25-22(30)16-18-11-13-29(14-12-18)24(26-2)27-17-19-7-6-10-21(15-19)28-23(31)20-8-4-3-5-9-20;/h6-7,10,15,18,20H,3-5,8-9,11-14,16-17H2,1-2H3,(H,25,30)(H,26,27)(H,28,31);1H. The lowest BCUT2D eigenvalue weighted by molar-refractivity contribution is -0.122. The normalized spacial score (nSPS) is 17.9. The maximum absolute atomic E-state index is 12.5. The number of carbonyl (C=O) groups excluding carboxylic acids is 2. The van der Waals surface area contributed by atoms with Crippen molar-refractivity contribution in [3.05, 3.63) is 29.8 Å². The molecule has 1 aliphatic carbocycles. The van der Waals surface area contributed by atoms with Gasteiger partial charge in [0.2, 0.25) is 11.8 Å². The van der Waals surface area contributed by atoms with Crippen LogP contribution in [0.1, 0.15) is 56.9 Å². The minimum Gasteiger partial charge on any atom is -0.359 e. The summed E-state index contributed by atoms with van der Waals surface area (Å²) in [5.74, 6) is 1.76. The van der Waals surface area contributed by atoms with Crippen LogP contribution in [0.5, 0.6) is 0 Å². The van der Waals surface area contributed by atoms with E-state index in [4.69, 9.17) is 0 Å². The third kappa shape index (κ3) is 7.94. The van der Waals surface area contributed by atoms with E-state index in [0.29, 0.717) is 18.9 Å². The highest BCUT2D eigenvalue weighted by molar-refractivity contribution is 14.0. The molecular formula is C24H38IN5O2. The van der Waals surface area contributed by atoms with Gasteiger partial charge in [0.15, 0.2) is 5.96 Å². The lowest BCUT2D eigenvalue weighted by Gasteiger charge is -2.34. The lowest BCUT2D eigenvalue weighted by Crippen LogP contribution is -2.45. The number of nitrogens with zero attached hydrogens (tertiary/aromatic N) is 2. The van der Waals surface area contributed by atoms with Gasteiger partial charge in [-0.1, -0.05) is 31.4 Å². The Morgan fingerprint density at radius 3 is 2.47 bits per heavy atom. The second-order valence-corrected chi connectivity index (χ2v) is 8.73. The number of hydrogen-bond donors (Lipinski definition) is 3. The first-order valence-corrected chi connectivity index (χ1v) is 11.6. The van der Waals surface area contributed by atoms with Crippen molar-refractivity contribution >= 4 is 47.4 Å². The van der Waals surface area contributed by atoms with Crippen molar-refractivity contribution in [1.82, 2.24) is 15.5 Å². The highest BCUT2D eigenvalue weighted by Crippen LogP contribution is 2.25. The van der Waals surface area contributed by atoms with E-state index < -0.39 is 0 Å². The molecule has 2 amide bonds. The number of amides is 2. The van der Waals surface area contributed by atoms with Gasteiger partial charge >= 0.3 is 0 Å². The smallest absolute Gasteiger partial charge is 0.227 e. The van der Waals surface area contributed by atoms with Crippen molar-refractivity contribution in [2.24, 2.45) is 16.8 Å². The molecule has 2 fully saturated rings. The Bertz CT molecular complexity index is 771. The van der Waals surface area contributed by atoms with E-state index in [2.05, 4.69) is 31.9 Å². The molecule has 0 radical (unpaired) electrons. The average Bonchev–Trinajstić information content (AvgIpc) is 2.81. The van der Waals surface area contributed by atoms with Crippen LogP contribution in [0.2, 0.25) is 0 Å². The second kappa shape index (κ2) is 13.6. The summed E-state index contributed by atoms with van der Waals surface area (Å²) in [6.07, 6.45) is 8.17. The molecule has 1 aromatic rings. The number of likely N-dealkylation sites (tertiary alicyclic amines) is 1. The van der Waals surface area contributed by atoms with E-state index in [1.807, 2.05) is 18.2 Å². The van der Waals surface area contributed by atoms with Crippen LogP contribution in [0.25, 0.3) is 0 Å². The fraction of sp³-hybridized carbons (Fsp3) is 0.625. The van der Waals surface area contributed by atoms with Gasteiger partial charge in [-0.05, 0) is 49.3 Å². The number of anilines is 1. The molecule has 0 aromatic heterocycles. The predicted octanol–water partition coefficient (Wildman–Crippen LogP) is 3.75. The molecule has 1 aromatic carbocycles. The van der Waals surface area contributed by atoms with Gasteiger partial charge in [-0.2, -0.15) is 0 Å². The van der Waals surface area contributed by atoms with Gasteiger partial charge in [-0.25, -0.2) is 0 Å². The predicted molar refractivity (Wildman–Crippen MR) is 140 cm³/mol. The molecule has 1 saturated heterocycles. The fourth-order valence-electron chi connectivity index (χ4n) is 4.59. The Balaban J connectivity index is 0.00000363. The van der Waals surface area contributed by atoms with E-state index in [-0.39, 0.29) is 41.7 Å². The lowest BCUT2D eigenvalue weighted by atomic mass is 9.88. The van der Waals surface area contributed by atoms with Gasteiger partial charge in [-0.15, -0.1) is 24.0 Å². The topological polar surface area (TPSA) is 85.8 Å². The Morgan fingerprint density at radius 2 is 1.81 bits per heavy atom. The van der Waals surface area contributed by atoms with Crippen LogP contribution in [0, 0.1) is 11.8 Å². The summed E-state index contributed by atoms with van der Waals surface area (Å²) < 4.78 is 0. The van der Waals surface area contributed by atoms with Crippen molar-refractivity contribution < 1.29 is 9.59 Å². The molecule has 1 saturated carbocycles. The molecule has 0 atom stereocenters. The SMILES string of the molecule is CN=C(NCc1cccc(NC(=O)C2CCCCC2)c1)N1CCC(CC(=O)NC)CC1.I. The highest BCUT2D eigenvalue weighted by atomic mass is 127. The minimum atomic E-state index is 0. The maximum Gasteiger partial charge on any atom is 0.227 e. The molecule has 0 bridgehead atoms. The van der Waals surface area contributed by atoms with Crippen LogP contribution in [-0.4, -0.2) is 49.9 Å². The summed E-state index contributed by atoms with van der Waals surface area (Å²) in [5, 5.41) is 9.27. The van der Waals surface area contributed by atoms with Crippen LogP contribution in [-0.2, 0) is 16.1 Å². The van der Waals surface area contributed by atoms with E-state index in [1.165, 1.54) is 6.42 Å². The number of nitrogens with one attached hydrogen (secondary N) is 3. The van der Waals surface area contributed by atoms with Gasteiger partial charge in [-0.3, -0.25) is 14.6 Å². The van der Waals surface area contributed by atoms with Crippen LogP contribution in [0.3, 0.4) is 0 Å². The molecule has 2 aliphatic rings. The summed E-state index contributed by atoms with van der Waals surface area (Å²) in [6, 6.07) is 8.04. The number of carbonyl (C=O) groups is 2. The minimum absolute atomic E-state index is 0. The van der Waals surface area contributed by atoms with Crippen LogP contribution in [0.4, 0.5) is 5.69 Å². The fourth-order valence-corrected chi connectivity index (χ4v) is 4.59. The Labute approximate surface area is 209 Å². The zero-order valence-corrected chi connectivity index (χ0v) is 21.7. The third-order valence-corrected chi connectivity index (χ3v) is 6.50. The zero-order valence-electron chi connectivity index (χ0n) is 19.4. The Hall–Kier alpha value is -1.84. The summed E-state index contributed by atoms with van der Waals surface area (Å²) in [7, 11) is 3.50. The second-order valence-electron chi connectivity index (χ2n) is 8.73. The molecule has 3 rings (SSSR count). The van der Waals surface area contributed by atoms with Crippen molar-refractivity contribution in [2.75, 3.05) is 32.5 Å². The molecule has 0 unspecified atom stereocenters. The summed E-state index contributed by atoms with van der Waals surface area (Å²) in [4.78, 5) is 30.8. The number of rotatable bonds is 6. The maximum atomic E-state index is 12.5. The summed E-state index contributed by atoms with van der Waals surface area (Å²) in [5.41, 5.74) is 1.97. The van der Waals surface area contributed by atoms with Gasteiger partial charge in [0.1, 0.15) is 0 Å². The molecule has 7 nitrogen and oxygen atoms in total. The average molecular weight is 556 g/mol. The van der Waals surface area contributed by atoms with E-state index >= 15 is 0 Å².